The van der Waals surface area contributed by atoms with Crippen LogP contribution >= 0.6 is 27.3 Å². The first kappa shape index (κ1) is 15.8. The first-order valence-electron chi connectivity index (χ1n) is 6.62. The Kier molecular flexibility index (Phi) is 4.27. The zero-order valence-electron chi connectivity index (χ0n) is 12.0. The van der Waals surface area contributed by atoms with Gasteiger partial charge in [0.2, 0.25) is 0 Å². The largest absolute Gasteiger partial charge is 0.334 e. The quantitative estimate of drug-likeness (QED) is 0.740. The molecule has 0 fully saturated rings. The molecule has 3 rings (SSSR count). The van der Waals surface area contributed by atoms with Crippen molar-refractivity contribution in [3.63, 3.8) is 0 Å². The van der Waals surface area contributed by atoms with Crippen LogP contribution in [0.25, 0.3) is 10.2 Å². The molecule has 0 radical (unpaired) electrons. The third-order valence-corrected chi connectivity index (χ3v) is 4.85. The number of nitrogens with zero attached hydrogens (tertiary/aromatic N) is 2. The van der Waals surface area contributed by atoms with Crippen molar-refractivity contribution in [3.05, 3.63) is 61.7 Å². The van der Waals surface area contributed by atoms with E-state index in [4.69, 9.17) is 0 Å². The number of H-pyrrole nitrogens is 1. The highest BCUT2D eigenvalue weighted by Crippen LogP contribution is 2.20. The van der Waals surface area contributed by atoms with Crippen LogP contribution < -0.4 is 5.56 Å². The SMILES string of the molecule is CN(Cc1nc2ccsc2c(=O)[nH]1)C(=O)c1cc(F)ccc1Br. The van der Waals surface area contributed by atoms with Crippen molar-refractivity contribution in [1.82, 2.24) is 14.9 Å². The van der Waals surface area contributed by atoms with Gasteiger partial charge in [0.25, 0.3) is 11.5 Å². The summed E-state index contributed by atoms with van der Waals surface area (Å²) in [6, 6.07) is 5.67. The number of fused-ring (bicyclic) bond motifs is 1. The lowest BCUT2D eigenvalue weighted by Gasteiger charge is -2.17. The van der Waals surface area contributed by atoms with Crippen molar-refractivity contribution >= 4 is 43.4 Å². The van der Waals surface area contributed by atoms with Gasteiger partial charge in [0.15, 0.2) is 0 Å². The number of halogens is 2. The zero-order chi connectivity index (χ0) is 16.6. The Bertz CT molecular complexity index is 953. The van der Waals surface area contributed by atoms with E-state index in [2.05, 4.69) is 25.9 Å². The highest BCUT2D eigenvalue weighted by Gasteiger charge is 2.17. The van der Waals surface area contributed by atoms with Gasteiger partial charge in [0.05, 0.1) is 17.6 Å². The van der Waals surface area contributed by atoms with Crippen LogP contribution in [0.4, 0.5) is 4.39 Å². The molecule has 118 valence electrons. The first-order valence-corrected chi connectivity index (χ1v) is 8.30. The van der Waals surface area contributed by atoms with Gasteiger partial charge >= 0.3 is 0 Å². The molecule has 1 amide bonds. The summed E-state index contributed by atoms with van der Waals surface area (Å²) < 4.78 is 14.4. The topological polar surface area (TPSA) is 66.1 Å². The van der Waals surface area contributed by atoms with Crippen LogP contribution in [-0.2, 0) is 6.54 Å². The summed E-state index contributed by atoms with van der Waals surface area (Å²) >= 11 is 4.55. The summed E-state index contributed by atoms with van der Waals surface area (Å²) in [6.07, 6.45) is 0. The number of amides is 1. The number of aromatic nitrogens is 2. The predicted molar refractivity (Wildman–Crippen MR) is 90.1 cm³/mol. The van der Waals surface area contributed by atoms with E-state index in [0.717, 1.165) is 0 Å². The Morgan fingerprint density at radius 1 is 1.43 bits per heavy atom. The average Bonchev–Trinajstić information content (AvgIpc) is 2.98. The molecule has 8 heteroatoms. The maximum absolute atomic E-state index is 13.3. The maximum atomic E-state index is 13.3. The van der Waals surface area contributed by atoms with Gasteiger partial charge < -0.3 is 9.88 Å². The van der Waals surface area contributed by atoms with Gasteiger partial charge in [-0.3, -0.25) is 9.59 Å². The summed E-state index contributed by atoms with van der Waals surface area (Å²) in [4.78, 5) is 32.7. The molecule has 2 heterocycles. The van der Waals surface area contributed by atoms with E-state index in [1.165, 1.54) is 34.4 Å². The normalized spacial score (nSPS) is 10.9. The minimum absolute atomic E-state index is 0.114. The lowest BCUT2D eigenvalue weighted by molar-refractivity contribution is 0.0780. The minimum Gasteiger partial charge on any atom is -0.334 e. The molecule has 3 aromatic rings. The number of hydrogen-bond acceptors (Lipinski definition) is 4. The van der Waals surface area contributed by atoms with Gasteiger partial charge in [0, 0.05) is 11.5 Å². The minimum atomic E-state index is -0.490. The Hall–Kier alpha value is -2.06. The van der Waals surface area contributed by atoms with E-state index in [-0.39, 0.29) is 23.6 Å². The first-order chi connectivity index (χ1) is 11.0. The molecule has 0 saturated carbocycles. The summed E-state index contributed by atoms with van der Waals surface area (Å²) in [5.41, 5.74) is 0.584. The van der Waals surface area contributed by atoms with E-state index in [9.17, 15) is 14.0 Å². The Morgan fingerprint density at radius 2 is 2.22 bits per heavy atom. The van der Waals surface area contributed by atoms with Crippen LogP contribution in [0.2, 0.25) is 0 Å². The number of aromatic amines is 1. The zero-order valence-corrected chi connectivity index (χ0v) is 14.4. The van der Waals surface area contributed by atoms with E-state index in [1.807, 2.05) is 0 Å². The van der Waals surface area contributed by atoms with Crippen molar-refractivity contribution < 1.29 is 9.18 Å². The van der Waals surface area contributed by atoms with Crippen molar-refractivity contribution in [2.45, 2.75) is 6.54 Å². The molecule has 23 heavy (non-hydrogen) atoms. The predicted octanol–water partition coefficient (Wildman–Crippen LogP) is 3.16. The van der Waals surface area contributed by atoms with Gasteiger partial charge in [0.1, 0.15) is 16.3 Å². The summed E-state index contributed by atoms with van der Waals surface area (Å²) in [5, 5.41) is 1.79. The van der Waals surface area contributed by atoms with Crippen molar-refractivity contribution in [2.75, 3.05) is 7.05 Å². The highest BCUT2D eigenvalue weighted by atomic mass is 79.9. The number of carbonyl (C=O) groups is 1. The standard InChI is InChI=1S/C15H11BrFN3O2S/c1-20(15(22)9-6-8(17)2-3-10(9)16)7-12-18-11-4-5-23-13(11)14(21)19-12/h2-6H,7H2,1H3,(H,18,19,21). The van der Waals surface area contributed by atoms with Gasteiger partial charge in [-0.25, -0.2) is 9.37 Å². The fourth-order valence-electron chi connectivity index (χ4n) is 2.16. The van der Waals surface area contributed by atoms with Crippen LogP contribution in [-0.4, -0.2) is 27.8 Å². The third kappa shape index (κ3) is 3.18. The van der Waals surface area contributed by atoms with Crippen LogP contribution in [0.3, 0.4) is 0 Å². The second-order valence-corrected chi connectivity index (χ2v) is 6.70. The summed E-state index contributed by atoms with van der Waals surface area (Å²) in [5.74, 6) is -0.482. The van der Waals surface area contributed by atoms with Gasteiger partial charge in [-0.15, -0.1) is 11.3 Å². The lowest BCUT2D eigenvalue weighted by atomic mass is 10.2. The van der Waals surface area contributed by atoms with Gasteiger partial charge in [-0.05, 0) is 45.6 Å². The Morgan fingerprint density at radius 3 is 3.00 bits per heavy atom. The van der Waals surface area contributed by atoms with Gasteiger partial charge in [-0.1, -0.05) is 0 Å². The van der Waals surface area contributed by atoms with E-state index in [1.54, 1.807) is 18.5 Å². The Labute approximate surface area is 142 Å². The number of rotatable bonds is 3. The fraction of sp³-hybridized carbons (Fsp3) is 0.133. The van der Waals surface area contributed by atoms with E-state index < -0.39 is 5.82 Å². The van der Waals surface area contributed by atoms with Crippen molar-refractivity contribution in [2.24, 2.45) is 0 Å². The monoisotopic (exact) mass is 395 g/mol. The van der Waals surface area contributed by atoms with Crippen molar-refractivity contribution in [3.8, 4) is 0 Å². The molecule has 0 spiro atoms. The molecule has 0 unspecified atom stereocenters. The molecule has 2 aromatic heterocycles. The molecule has 5 nitrogen and oxygen atoms in total. The number of hydrogen-bond donors (Lipinski definition) is 1. The second kappa shape index (κ2) is 6.21. The molecule has 0 bridgehead atoms. The van der Waals surface area contributed by atoms with E-state index in [0.29, 0.717) is 20.5 Å². The van der Waals surface area contributed by atoms with Crippen LogP contribution in [0.15, 0.2) is 38.9 Å². The third-order valence-electron chi connectivity index (χ3n) is 3.26. The molecule has 0 atom stereocenters. The van der Waals surface area contributed by atoms with Gasteiger partial charge in [-0.2, -0.15) is 0 Å². The molecule has 0 aliphatic heterocycles. The smallest absolute Gasteiger partial charge is 0.268 e. The molecule has 1 N–H and O–H groups in total. The molecular weight excluding hydrogens is 385 g/mol. The number of nitrogens with one attached hydrogen (secondary N) is 1. The molecule has 0 aliphatic carbocycles. The Balaban J connectivity index is 1.87. The number of thiophene rings is 1. The van der Waals surface area contributed by atoms with Crippen LogP contribution in [0.5, 0.6) is 0 Å². The summed E-state index contributed by atoms with van der Waals surface area (Å²) in [6.45, 7) is 0.114. The van der Waals surface area contributed by atoms with Crippen LogP contribution in [0.1, 0.15) is 16.2 Å². The molecular formula is C15H11BrFN3O2S. The average molecular weight is 396 g/mol. The maximum Gasteiger partial charge on any atom is 0.268 e. The fourth-order valence-corrected chi connectivity index (χ4v) is 3.30. The lowest BCUT2D eigenvalue weighted by Crippen LogP contribution is -2.28. The van der Waals surface area contributed by atoms with Crippen molar-refractivity contribution in [1.29, 1.82) is 0 Å². The molecule has 0 aliphatic rings. The van der Waals surface area contributed by atoms with Crippen LogP contribution in [0, 0.1) is 5.82 Å². The van der Waals surface area contributed by atoms with E-state index >= 15 is 0 Å². The summed E-state index contributed by atoms with van der Waals surface area (Å²) in [7, 11) is 1.57. The number of benzene rings is 1. The molecule has 0 saturated heterocycles. The molecule has 1 aromatic carbocycles. The number of carbonyl (C=O) groups excluding carboxylic acids is 1. The second-order valence-electron chi connectivity index (χ2n) is 4.93. The highest BCUT2D eigenvalue weighted by molar-refractivity contribution is 9.10.